The molecule has 1 unspecified atom stereocenters. The molecule has 0 bridgehead atoms. The van der Waals surface area contributed by atoms with E-state index >= 15 is 0 Å². The van der Waals surface area contributed by atoms with Gasteiger partial charge < -0.3 is 9.47 Å². The molecule has 1 atom stereocenters. The number of rotatable bonds is 7. The monoisotopic (exact) mass is 343 g/mol. The van der Waals surface area contributed by atoms with Crippen LogP contribution in [-0.2, 0) is 14.3 Å². The topological polar surface area (TPSA) is 64.6 Å². The second kappa shape index (κ2) is 9.15. The molecule has 1 aromatic rings. The quantitative estimate of drug-likeness (QED) is 0.455. The minimum Gasteiger partial charge on any atom is -0.463 e. The SMILES string of the molecule is C=C(C)C(OC(=O)Nc1ccc(Cl)cc1F)C(=O)OCCCC. The largest absolute Gasteiger partial charge is 0.463 e. The van der Waals surface area contributed by atoms with Gasteiger partial charge in [0.1, 0.15) is 5.82 Å². The van der Waals surface area contributed by atoms with Gasteiger partial charge in [-0.05, 0) is 37.1 Å². The van der Waals surface area contributed by atoms with E-state index in [1.807, 2.05) is 6.92 Å². The van der Waals surface area contributed by atoms with Gasteiger partial charge in [0.05, 0.1) is 12.3 Å². The number of benzene rings is 1. The van der Waals surface area contributed by atoms with Gasteiger partial charge in [0.15, 0.2) is 0 Å². The van der Waals surface area contributed by atoms with E-state index in [1.54, 1.807) is 0 Å². The number of nitrogens with one attached hydrogen (secondary N) is 1. The lowest BCUT2D eigenvalue weighted by Gasteiger charge is -2.17. The molecule has 0 spiro atoms. The first kappa shape index (κ1) is 19.0. The van der Waals surface area contributed by atoms with Gasteiger partial charge in [-0.1, -0.05) is 31.5 Å². The van der Waals surface area contributed by atoms with Gasteiger partial charge in [0.25, 0.3) is 0 Å². The van der Waals surface area contributed by atoms with Gasteiger partial charge in [-0.15, -0.1) is 0 Å². The van der Waals surface area contributed by atoms with Gasteiger partial charge in [0.2, 0.25) is 6.10 Å². The van der Waals surface area contributed by atoms with Crippen molar-refractivity contribution in [1.82, 2.24) is 0 Å². The summed E-state index contributed by atoms with van der Waals surface area (Å²) in [6.45, 7) is 7.31. The molecule has 1 rings (SSSR count). The number of halogens is 2. The first-order valence-electron chi connectivity index (χ1n) is 7.09. The summed E-state index contributed by atoms with van der Waals surface area (Å²) in [6.07, 6.45) is -0.673. The van der Waals surface area contributed by atoms with Crippen LogP contribution in [0.5, 0.6) is 0 Å². The summed E-state index contributed by atoms with van der Waals surface area (Å²) in [5.74, 6) is -1.43. The van der Waals surface area contributed by atoms with Crippen molar-refractivity contribution in [1.29, 1.82) is 0 Å². The van der Waals surface area contributed by atoms with Gasteiger partial charge >= 0.3 is 12.1 Å². The average Bonchev–Trinajstić information content (AvgIpc) is 2.47. The molecule has 0 radical (unpaired) electrons. The number of unbranched alkanes of at least 4 members (excludes halogenated alkanes) is 1. The molecule has 0 aliphatic rings. The Bertz CT molecular complexity index is 591. The molecule has 0 saturated heterocycles. The van der Waals surface area contributed by atoms with E-state index in [4.69, 9.17) is 21.1 Å². The molecule has 0 saturated carbocycles. The standard InChI is InChI=1S/C16H19ClFNO4/c1-4-5-8-22-15(20)14(10(2)3)23-16(21)19-13-7-6-11(17)9-12(13)18/h6-7,9,14H,2,4-5,8H2,1,3H3,(H,19,21). The maximum Gasteiger partial charge on any atom is 0.412 e. The molecule has 5 nitrogen and oxygen atoms in total. The van der Waals surface area contributed by atoms with Crippen LogP contribution in [0.3, 0.4) is 0 Å². The van der Waals surface area contributed by atoms with Crippen molar-refractivity contribution in [2.24, 2.45) is 0 Å². The highest BCUT2D eigenvalue weighted by Crippen LogP contribution is 2.19. The van der Waals surface area contributed by atoms with Crippen molar-refractivity contribution in [3.05, 3.63) is 41.2 Å². The van der Waals surface area contributed by atoms with E-state index in [-0.39, 0.29) is 17.3 Å². The average molecular weight is 344 g/mol. The smallest absolute Gasteiger partial charge is 0.412 e. The van der Waals surface area contributed by atoms with Crippen LogP contribution in [0.25, 0.3) is 0 Å². The maximum absolute atomic E-state index is 13.6. The second-order valence-electron chi connectivity index (χ2n) is 4.90. The maximum atomic E-state index is 13.6. The van der Waals surface area contributed by atoms with Crippen LogP contribution in [0, 0.1) is 5.82 Å². The van der Waals surface area contributed by atoms with Crippen LogP contribution in [0.4, 0.5) is 14.9 Å². The number of hydrogen-bond acceptors (Lipinski definition) is 4. The van der Waals surface area contributed by atoms with Crippen molar-refractivity contribution in [2.75, 3.05) is 11.9 Å². The molecule has 0 aliphatic carbocycles. The van der Waals surface area contributed by atoms with E-state index in [9.17, 15) is 14.0 Å². The Labute approximate surface area is 139 Å². The molecule has 0 fully saturated rings. The van der Waals surface area contributed by atoms with Crippen LogP contribution in [0.1, 0.15) is 26.7 Å². The summed E-state index contributed by atoms with van der Waals surface area (Å²) >= 11 is 5.62. The Balaban J connectivity index is 2.67. The number of ether oxygens (including phenoxy) is 2. The van der Waals surface area contributed by atoms with Crippen molar-refractivity contribution < 1.29 is 23.5 Å². The zero-order chi connectivity index (χ0) is 17.4. The summed E-state index contributed by atoms with van der Waals surface area (Å²) in [5, 5.41) is 2.40. The summed E-state index contributed by atoms with van der Waals surface area (Å²) < 4.78 is 23.6. The number of anilines is 1. The van der Waals surface area contributed by atoms with E-state index < -0.39 is 24.0 Å². The summed E-state index contributed by atoms with van der Waals surface area (Å²) in [7, 11) is 0. The van der Waals surface area contributed by atoms with Crippen LogP contribution in [0.2, 0.25) is 5.02 Å². The summed E-state index contributed by atoms with van der Waals surface area (Å²) in [5.41, 5.74) is 0.192. The van der Waals surface area contributed by atoms with Crippen molar-refractivity contribution in [3.63, 3.8) is 0 Å². The highest BCUT2D eigenvalue weighted by atomic mass is 35.5. The molecule has 23 heavy (non-hydrogen) atoms. The van der Waals surface area contributed by atoms with Crippen LogP contribution < -0.4 is 5.32 Å². The summed E-state index contributed by atoms with van der Waals surface area (Å²) in [6, 6.07) is 3.75. The molecule has 0 aliphatic heterocycles. The third kappa shape index (κ3) is 6.28. The lowest BCUT2D eigenvalue weighted by Crippen LogP contribution is -2.32. The normalized spacial score (nSPS) is 11.5. The van der Waals surface area contributed by atoms with Crippen LogP contribution in [-0.4, -0.2) is 24.8 Å². The molecule has 1 N–H and O–H groups in total. The van der Waals surface area contributed by atoms with Gasteiger partial charge in [-0.3, -0.25) is 5.32 Å². The van der Waals surface area contributed by atoms with Crippen molar-refractivity contribution >= 4 is 29.4 Å². The third-order valence-corrected chi connectivity index (χ3v) is 3.03. The number of esters is 1. The van der Waals surface area contributed by atoms with Crippen molar-refractivity contribution in [2.45, 2.75) is 32.8 Å². The van der Waals surface area contributed by atoms with Crippen molar-refractivity contribution in [3.8, 4) is 0 Å². The number of amides is 1. The molecule has 126 valence electrons. The third-order valence-electron chi connectivity index (χ3n) is 2.80. The Morgan fingerprint density at radius 1 is 1.43 bits per heavy atom. The fourth-order valence-corrected chi connectivity index (χ4v) is 1.74. The molecule has 1 aromatic carbocycles. The number of carbonyl (C=O) groups is 2. The number of carbonyl (C=O) groups excluding carboxylic acids is 2. The zero-order valence-electron chi connectivity index (χ0n) is 13.0. The fourth-order valence-electron chi connectivity index (χ4n) is 1.58. The van der Waals surface area contributed by atoms with Gasteiger partial charge in [-0.2, -0.15) is 0 Å². The predicted octanol–water partition coefficient (Wildman–Crippen LogP) is 4.32. The molecular weight excluding hydrogens is 325 g/mol. The number of hydrogen-bond donors (Lipinski definition) is 1. The van der Waals surface area contributed by atoms with Crippen LogP contribution in [0.15, 0.2) is 30.4 Å². The molecule has 0 aromatic heterocycles. The fraction of sp³-hybridized carbons (Fsp3) is 0.375. The van der Waals surface area contributed by atoms with Gasteiger partial charge in [0, 0.05) is 5.02 Å². The van der Waals surface area contributed by atoms with Crippen LogP contribution >= 0.6 is 11.6 Å². The Morgan fingerprint density at radius 2 is 2.13 bits per heavy atom. The first-order valence-corrected chi connectivity index (χ1v) is 7.47. The highest BCUT2D eigenvalue weighted by Gasteiger charge is 2.25. The lowest BCUT2D eigenvalue weighted by molar-refractivity contribution is -0.151. The second-order valence-corrected chi connectivity index (χ2v) is 5.34. The lowest BCUT2D eigenvalue weighted by atomic mass is 10.2. The highest BCUT2D eigenvalue weighted by molar-refractivity contribution is 6.30. The van der Waals surface area contributed by atoms with E-state index in [0.29, 0.717) is 12.0 Å². The Kier molecular flexibility index (Phi) is 7.54. The Hall–Kier alpha value is -2.08. The van der Waals surface area contributed by atoms with E-state index in [2.05, 4.69) is 11.9 Å². The molecular formula is C16H19ClFNO4. The zero-order valence-corrected chi connectivity index (χ0v) is 13.8. The predicted molar refractivity (Wildman–Crippen MR) is 86.0 cm³/mol. The molecule has 7 heteroatoms. The van der Waals surface area contributed by atoms with E-state index in [1.165, 1.54) is 19.1 Å². The molecule has 1 amide bonds. The summed E-state index contributed by atoms with van der Waals surface area (Å²) in [4.78, 5) is 23.7. The van der Waals surface area contributed by atoms with E-state index in [0.717, 1.165) is 12.5 Å². The minimum atomic E-state index is -1.25. The van der Waals surface area contributed by atoms with Gasteiger partial charge in [-0.25, -0.2) is 14.0 Å². The first-order chi connectivity index (χ1) is 10.8. The molecule has 0 heterocycles. The minimum absolute atomic E-state index is 0.112. The Morgan fingerprint density at radius 3 is 2.70 bits per heavy atom.